The van der Waals surface area contributed by atoms with Gasteiger partial charge < -0.3 is 4.74 Å². The molecule has 0 bridgehead atoms. The van der Waals surface area contributed by atoms with Crippen LogP contribution in [0.4, 0.5) is 0 Å². The van der Waals surface area contributed by atoms with Crippen LogP contribution in [0.3, 0.4) is 0 Å². The first kappa shape index (κ1) is 12.6. The fraction of sp³-hybridized carbons (Fsp3) is 0.462. The van der Waals surface area contributed by atoms with Crippen LogP contribution in [0.5, 0.6) is 0 Å². The lowest BCUT2D eigenvalue weighted by molar-refractivity contribution is 0.109. The Hall–Kier alpha value is -0.890. The lowest BCUT2D eigenvalue weighted by Crippen LogP contribution is -2.29. The van der Waals surface area contributed by atoms with E-state index in [-0.39, 0.29) is 12.1 Å². The Morgan fingerprint density at radius 1 is 1.59 bits per heavy atom. The molecule has 0 saturated carbocycles. The molecule has 1 aliphatic heterocycles. The summed E-state index contributed by atoms with van der Waals surface area (Å²) < 4.78 is 6.52. The number of nitrogens with zero attached hydrogens (tertiary/aromatic N) is 1. The summed E-state index contributed by atoms with van der Waals surface area (Å²) >= 11 is 3.42. The first-order valence-corrected chi connectivity index (χ1v) is 6.59. The van der Waals surface area contributed by atoms with Crippen LogP contribution in [0.1, 0.15) is 24.4 Å². The zero-order valence-electron chi connectivity index (χ0n) is 9.53. The first-order valence-electron chi connectivity index (χ1n) is 5.79. The highest BCUT2D eigenvalue weighted by Gasteiger charge is 2.18. The second kappa shape index (κ2) is 6.15. The summed E-state index contributed by atoms with van der Waals surface area (Å²) in [5.74, 6) is 0. The maximum absolute atomic E-state index is 9.18. The third-order valence-electron chi connectivity index (χ3n) is 2.88. The van der Waals surface area contributed by atoms with Crippen molar-refractivity contribution in [2.24, 2.45) is 0 Å². The average Bonchev–Trinajstić information content (AvgIpc) is 2.83. The molecular formula is C13H15BrN2O. The van der Waals surface area contributed by atoms with Gasteiger partial charge in [-0.1, -0.05) is 28.1 Å². The van der Waals surface area contributed by atoms with Gasteiger partial charge in [-0.05, 0) is 30.5 Å². The molecular weight excluding hydrogens is 280 g/mol. The molecule has 0 radical (unpaired) electrons. The van der Waals surface area contributed by atoms with Crippen LogP contribution in [0.25, 0.3) is 0 Å². The normalized spacial score (nSPS) is 21.1. The molecule has 1 aromatic carbocycles. The predicted molar refractivity (Wildman–Crippen MR) is 69.5 cm³/mol. The molecule has 3 nitrogen and oxygen atoms in total. The van der Waals surface area contributed by atoms with E-state index in [1.165, 1.54) is 0 Å². The fourth-order valence-electron chi connectivity index (χ4n) is 1.98. The highest BCUT2D eigenvalue weighted by molar-refractivity contribution is 9.10. The molecule has 1 aromatic rings. The van der Waals surface area contributed by atoms with Crippen molar-refractivity contribution in [3.63, 3.8) is 0 Å². The smallest absolute Gasteiger partial charge is 0.121 e. The van der Waals surface area contributed by atoms with Crippen molar-refractivity contribution in [2.75, 3.05) is 13.2 Å². The van der Waals surface area contributed by atoms with Crippen molar-refractivity contribution in [1.82, 2.24) is 5.32 Å². The number of hydrogen-bond acceptors (Lipinski definition) is 3. The lowest BCUT2D eigenvalue weighted by atomic mass is 10.1. The number of hydrogen-bond donors (Lipinski definition) is 1. The quantitative estimate of drug-likeness (QED) is 0.929. The molecule has 2 atom stereocenters. The molecule has 0 spiro atoms. The monoisotopic (exact) mass is 294 g/mol. The number of rotatable bonds is 4. The minimum Gasteiger partial charge on any atom is -0.377 e. The summed E-state index contributed by atoms with van der Waals surface area (Å²) in [6, 6.07) is 9.84. The fourth-order valence-corrected chi connectivity index (χ4v) is 2.40. The van der Waals surface area contributed by atoms with Gasteiger partial charge in [0.1, 0.15) is 6.04 Å². The molecule has 1 fully saturated rings. The van der Waals surface area contributed by atoms with E-state index in [1.807, 2.05) is 24.3 Å². The highest BCUT2D eigenvalue weighted by atomic mass is 79.9. The topological polar surface area (TPSA) is 45.0 Å². The van der Waals surface area contributed by atoms with Gasteiger partial charge in [-0.3, -0.25) is 5.32 Å². The van der Waals surface area contributed by atoms with Crippen molar-refractivity contribution in [3.8, 4) is 6.07 Å². The maximum atomic E-state index is 9.18. The first-order chi connectivity index (χ1) is 8.29. The molecule has 0 amide bonds. The van der Waals surface area contributed by atoms with Crippen molar-refractivity contribution < 1.29 is 4.74 Å². The Labute approximate surface area is 110 Å². The summed E-state index contributed by atoms with van der Waals surface area (Å²) in [5, 5.41) is 12.4. The van der Waals surface area contributed by atoms with Crippen LogP contribution < -0.4 is 5.32 Å². The van der Waals surface area contributed by atoms with Crippen molar-refractivity contribution in [3.05, 3.63) is 34.3 Å². The van der Waals surface area contributed by atoms with Gasteiger partial charge in [-0.15, -0.1) is 0 Å². The molecule has 1 N–H and O–H groups in total. The van der Waals surface area contributed by atoms with E-state index in [0.717, 1.165) is 36.0 Å². The Morgan fingerprint density at radius 3 is 3.12 bits per heavy atom. The molecule has 0 aliphatic carbocycles. The van der Waals surface area contributed by atoms with Gasteiger partial charge in [0.15, 0.2) is 0 Å². The largest absolute Gasteiger partial charge is 0.377 e. The van der Waals surface area contributed by atoms with Crippen LogP contribution >= 0.6 is 15.9 Å². The molecule has 1 aliphatic rings. The number of ether oxygens (including phenoxy) is 1. The summed E-state index contributed by atoms with van der Waals surface area (Å²) in [6.45, 7) is 1.59. The van der Waals surface area contributed by atoms with E-state index in [1.54, 1.807) is 0 Å². The molecule has 90 valence electrons. The van der Waals surface area contributed by atoms with Gasteiger partial charge in [0.05, 0.1) is 12.2 Å². The van der Waals surface area contributed by atoms with Gasteiger partial charge in [0.2, 0.25) is 0 Å². The van der Waals surface area contributed by atoms with E-state index in [9.17, 15) is 5.26 Å². The number of nitriles is 1. The molecule has 1 heterocycles. The van der Waals surface area contributed by atoms with Crippen molar-refractivity contribution in [1.29, 1.82) is 5.26 Å². The van der Waals surface area contributed by atoms with Gasteiger partial charge in [0, 0.05) is 17.6 Å². The predicted octanol–water partition coefficient (Wildman–Crippen LogP) is 2.78. The number of halogens is 1. The number of nitrogens with one attached hydrogen (secondary N) is 1. The van der Waals surface area contributed by atoms with E-state index in [4.69, 9.17) is 4.74 Å². The van der Waals surface area contributed by atoms with Gasteiger partial charge in [0.25, 0.3) is 0 Å². The van der Waals surface area contributed by atoms with Crippen LogP contribution in [-0.4, -0.2) is 19.3 Å². The summed E-state index contributed by atoms with van der Waals surface area (Å²) in [6.07, 6.45) is 2.47. The Morgan fingerprint density at radius 2 is 2.47 bits per heavy atom. The third-order valence-corrected chi connectivity index (χ3v) is 3.38. The minimum absolute atomic E-state index is 0.262. The molecule has 17 heavy (non-hydrogen) atoms. The zero-order valence-corrected chi connectivity index (χ0v) is 11.1. The van der Waals surface area contributed by atoms with Gasteiger partial charge in [-0.25, -0.2) is 0 Å². The van der Waals surface area contributed by atoms with Gasteiger partial charge in [-0.2, -0.15) is 5.26 Å². The van der Waals surface area contributed by atoms with Crippen molar-refractivity contribution in [2.45, 2.75) is 25.0 Å². The van der Waals surface area contributed by atoms with Crippen LogP contribution in [-0.2, 0) is 4.74 Å². The van der Waals surface area contributed by atoms with Gasteiger partial charge >= 0.3 is 0 Å². The summed E-state index contributed by atoms with van der Waals surface area (Å²) in [4.78, 5) is 0. The molecule has 2 unspecified atom stereocenters. The second-order valence-electron chi connectivity index (χ2n) is 4.16. The second-order valence-corrected chi connectivity index (χ2v) is 5.08. The molecule has 0 aromatic heterocycles. The zero-order chi connectivity index (χ0) is 12.1. The SMILES string of the molecule is N#CC(NCC1CCCO1)c1cccc(Br)c1. The Kier molecular flexibility index (Phi) is 4.55. The lowest BCUT2D eigenvalue weighted by Gasteiger charge is -2.15. The molecule has 1 saturated heterocycles. The van der Waals surface area contributed by atoms with Crippen LogP contribution in [0, 0.1) is 11.3 Å². The Bertz CT molecular complexity index is 410. The van der Waals surface area contributed by atoms with Crippen molar-refractivity contribution >= 4 is 15.9 Å². The summed E-state index contributed by atoms with van der Waals surface area (Å²) in [5.41, 5.74) is 0.986. The van der Waals surface area contributed by atoms with Crippen LogP contribution in [0.2, 0.25) is 0 Å². The number of benzene rings is 1. The standard InChI is InChI=1S/C13H15BrN2O/c14-11-4-1-3-10(7-11)13(8-15)16-9-12-5-2-6-17-12/h1,3-4,7,12-13,16H,2,5-6,9H2. The Balaban J connectivity index is 1.94. The minimum atomic E-state index is -0.267. The van der Waals surface area contributed by atoms with Crippen LogP contribution in [0.15, 0.2) is 28.7 Å². The van der Waals surface area contributed by atoms with E-state index < -0.39 is 0 Å². The molecule has 4 heteroatoms. The van der Waals surface area contributed by atoms with E-state index in [2.05, 4.69) is 27.3 Å². The molecule has 2 rings (SSSR count). The van der Waals surface area contributed by atoms with E-state index >= 15 is 0 Å². The third kappa shape index (κ3) is 3.53. The summed E-state index contributed by atoms with van der Waals surface area (Å²) in [7, 11) is 0. The maximum Gasteiger partial charge on any atom is 0.121 e. The van der Waals surface area contributed by atoms with E-state index in [0.29, 0.717) is 0 Å². The highest BCUT2D eigenvalue weighted by Crippen LogP contribution is 2.18. The average molecular weight is 295 g/mol.